The minimum Gasteiger partial charge on any atom is -0.455 e. The molecule has 128 valence electrons. The molecule has 1 fully saturated rings. The molecule has 2 aromatic rings. The van der Waals surface area contributed by atoms with Crippen molar-refractivity contribution >= 4 is 34.2 Å². The monoisotopic (exact) mass is 350 g/mol. The van der Waals surface area contributed by atoms with E-state index in [1.54, 1.807) is 6.20 Å². The zero-order valence-corrected chi connectivity index (χ0v) is 13.8. The summed E-state index contributed by atoms with van der Waals surface area (Å²) in [5.41, 5.74) is 0.575. The maximum absolute atomic E-state index is 11.7. The molecule has 2 heterocycles. The number of nitrogens with one attached hydrogen (secondary N) is 2. The molecular formula is C15H18N4O4S. The quantitative estimate of drug-likeness (QED) is 0.790. The molecule has 3 rings (SSSR count). The van der Waals surface area contributed by atoms with Crippen molar-refractivity contribution in [2.45, 2.75) is 38.1 Å². The number of urea groups is 1. The molecule has 3 amide bonds. The van der Waals surface area contributed by atoms with Gasteiger partial charge in [0.15, 0.2) is 11.6 Å². The van der Waals surface area contributed by atoms with Crippen LogP contribution in [0.5, 0.6) is 0 Å². The zero-order valence-electron chi connectivity index (χ0n) is 13.0. The van der Waals surface area contributed by atoms with Crippen LogP contribution in [0.3, 0.4) is 0 Å². The van der Waals surface area contributed by atoms with Crippen LogP contribution in [0, 0.1) is 0 Å². The van der Waals surface area contributed by atoms with Gasteiger partial charge in [-0.15, -0.1) is 11.3 Å². The molecule has 0 aromatic carbocycles. The van der Waals surface area contributed by atoms with Crippen molar-refractivity contribution in [1.29, 1.82) is 0 Å². The summed E-state index contributed by atoms with van der Waals surface area (Å²) in [5.74, 6) is -1.21. The van der Waals surface area contributed by atoms with Crippen molar-refractivity contribution in [3.63, 3.8) is 0 Å². The van der Waals surface area contributed by atoms with Crippen LogP contribution < -0.4 is 10.6 Å². The summed E-state index contributed by atoms with van der Waals surface area (Å²) in [6.07, 6.45) is 7.60. The first-order chi connectivity index (χ1) is 11.6. The van der Waals surface area contributed by atoms with Crippen LogP contribution in [0.2, 0.25) is 0 Å². The van der Waals surface area contributed by atoms with Gasteiger partial charge in [0.05, 0.1) is 12.1 Å². The van der Waals surface area contributed by atoms with Gasteiger partial charge >= 0.3 is 12.0 Å². The van der Waals surface area contributed by atoms with Gasteiger partial charge in [0.1, 0.15) is 0 Å². The number of rotatable bonds is 5. The molecule has 2 N–H and O–H groups in total. The fourth-order valence-electron chi connectivity index (χ4n) is 2.66. The third-order valence-electron chi connectivity index (χ3n) is 3.78. The highest BCUT2D eigenvalue weighted by atomic mass is 32.1. The van der Waals surface area contributed by atoms with Crippen molar-refractivity contribution in [2.24, 2.45) is 0 Å². The van der Waals surface area contributed by atoms with E-state index in [4.69, 9.17) is 4.74 Å². The number of hydrogen-bond donors (Lipinski definition) is 2. The number of imidazole rings is 1. The molecule has 0 saturated heterocycles. The van der Waals surface area contributed by atoms with Gasteiger partial charge in [-0.05, 0) is 12.8 Å². The maximum Gasteiger partial charge on any atom is 0.321 e. The fourth-order valence-corrected chi connectivity index (χ4v) is 3.38. The lowest BCUT2D eigenvalue weighted by molar-refractivity contribution is -0.147. The minimum atomic E-state index is -0.648. The van der Waals surface area contributed by atoms with Crippen LogP contribution in [0.1, 0.15) is 31.4 Å². The Hall–Kier alpha value is -2.42. The van der Waals surface area contributed by atoms with Crippen LogP contribution in [-0.2, 0) is 20.7 Å². The lowest BCUT2D eigenvalue weighted by atomic mass is 10.2. The lowest BCUT2D eigenvalue weighted by Crippen LogP contribution is -2.45. The summed E-state index contributed by atoms with van der Waals surface area (Å²) < 4.78 is 6.69. The number of carbonyl (C=O) groups excluding carboxylic acids is 3. The number of fused-ring (bicyclic) bond motifs is 1. The third-order valence-corrected chi connectivity index (χ3v) is 4.55. The largest absolute Gasteiger partial charge is 0.455 e. The Balaban J connectivity index is 1.37. The van der Waals surface area contributed by atoms with E-state index in [1.165, 1.54) is 11.3 Å². The van der Waals surface area contributed by atoms with Crippen LogP contribution in [0.15, 0.2) is 17.8 Å². The molecule has 0 unspecified atom stereocenters. The van der Waals surface area contributed by atoms with Gasteiger partial charge in [-0.3, -0.25) is 19.3 Å². The number of nitrogens with zero attached hydrogens (tertiary/aromatic N) is 2. The molecule has 2 aromatic heterocycles. The van der Waals surface area contributed by atoms with Gasteiger partial charge < -0.3 is 10.1 Å². The Kier molecular flexibility index (Phi) is 5.09. The maximum atomic E-state index is 11.7. The second-order valence-electron chi connectivity index (χ2n) is 5.67. The van der Waals surface area contributed by atoms with Crippen molar-refractivity contribution < 1.29 is 19.1 Å². The van der Waals surface area contributed by atoms with Crippen molar-refractivity contribution in [2.75, 3.05) is 6.61 Å². The fraction of sp³-hybridized carbons (Fsp3) is 0.467. The highest BCUT2D eigenvalue weighted by Gasteiger charge is 2.18. The average Bonchev–Trinajstić information content (AvgIpc) is 3.22. The molecule has 1 saturated carbocycles. The number of aromatic nitrogens is 2. The van der Waals surface area contributed by atoms with Crippen LogP contribution >= 0.6 is 11.3 Å². The van der Waals surface area contributed by atoms with Gasteiger partial charge in [0, 0.05) is 23.8 Å². The molecule has 8 nitrogen and oxygen atoms in total. The molecule has 1 aliphatic rings. The summed E-state index contributed by atoms with van der Waals surface area (Å²) in [5, 5.41) is 6.78. The Morgan fingerprint density at radius 1 is 1.33 bits per heavy atom. The first kappa shape index (κ1) is 16.4. The van der Waals surface area contributed by atoms with E-state index in [0.29, 0.717) is 5.69 Å². The van der Waals surface area contributed by atoms with Crippen LogP contribution in [0.25, 0.3) is 4.96 Å². The predicted octanol–water partition coefficient (Wildman–Crippen LogP) is 1.25. The SMILES string of the molecule is O=C(COC(=O)Cc1cn2ccsc2n1)NC(=O)NC1CCCC1. The first-order valence-electron chi connectivity index (χ1n) is 7.77. The number of esters is 1. The van der Waals surface area contributed by atoms with E-state index in [-0.39, 0.29) is 12.5 Å². The van der Waals surface area contributed by atoms with Gasteiger partial charge in [-0.2, -0.15) is 0 Å². The third kappa shape index (κ3) is 4.31. The number of ether oxygens (including phenoxy) is 1. The molecule has 0 spiro atoms. The number of carbonyl (C=O) groups is 3. The molecular weight excluding hydrogens is 332 g/mol. The molecule has 24 heavy (non-hydrogen) atoms. The van der Waals surface area contributed by atoms with E-state index in [2.05, 4.69) is 15.6 Å². The summed E-state index contributed by atoms with van der Waals surface area (Å²) in [4.78, 5) is 40.0. The second kappa shape index (κ2) is 7.43. The predicted molar refractivity (Wildman–Crippen MR) is 86.7 cm³/mol. The zero-order chi connectivity index (χ0) is 16.9. The summed E-state index contributed by atoms with van der Waals surface area (Å²) in [7, 11) is 0. The van der Waals surface area contributed by atoms with Gasteiger partial charge in [0.25, 0.3) is 5.91 Å². The molecule has 0 atom stereocenters. The lowest BCUT2D eigenvalue weighted by Gasteiger charge is -2.12. The summed E-state index contributed by atoms with van der Waals surface area (Å²) >= 11 is 1.46. The first-order valence-corrected chi connectivity index (χ1v) is 8.65. The number of imide groups is 1. The van der Waals surface area contributed by atoms with Gasteiger partial charge in [-0.25, -0.2) is 9.78 Å². The molecule has 1 aliphatic carbocycles. The van der Waals surface area contributed by atoms with Gasteiger partial charge in [-0.1, -0.05) is 12.8 Å². The highest BCUT2D eigenvalue weighted by Crippen LogP contribution is 2.17. The Bertz CT molecular complexity index is 719. The van der Waals surface area contributed by atoms with Crippen molar-refractivity contribution in [3.8, 4) is 0 Å². The molecule has 0 radical (unpaired) electrons. The van der Waals surface area contributed by atoms with E-state index in [9.17, 15) is 14.4 Å². The van der Waals surface area contributed by atoms with E-state index in [0.717, 1.165) is 30.6 Å². The Labute approximate surface area is 142 Å². The summed E-state index contributed by atoms with van der Waals surface area (Å²) in [6.45, 7) is -0.487. The van der Waals surface area contributed by atoms with E-state index in [1.807, 2.05) is 16.0 Å². The molecule has 0 aliphatic heterocycles. The molecule has 0 bridgehead atoms. The Morgan fingerprint density at radius 2 is 2.12 bits per heavy atom. The van der Waals surface area contributed by atoms with Gasteiger partial charge in [0.2, 0.25) is 0 Å². The molecule has 9 heteroatoms. The normalized spacial score (nSPS) is 14.7. The van der Waals surface area contributed by atoms with Crippen LogP contribution in [-0.4, -0.2) is 39.9 Å². The van der Waals surface area contributed by atoms with E-state index < -0.39 is 24.5 Å². The topological polar surface area (TPSA) is 102 Å². The minimum absolute atomic E-state index is 0.0179. The van der Waals surface area contributed by atoms with E-state index >= 15 is 0 Å². The standard InChI is InChI=1S/C15H18N4O4S/c20-12(18-14(22)16-10-3-1-2-4-10)9-23-13(21)7-11-8-19-5-6-24-15(19)17-11/h5-6,8,10H,1-4,7,9H2,(H2,16,18,20,22). The average molecular weight is 350 g/mol. The van der Waals surface area contributed by atoms with Crippen molar-refractivity contribution in [3.05, 3.63) is 23.5 Å². The number of thiazole rings is 1. The smallest absolute Gasteiger partial charge is 0.321 e. The second-order valence-corrected chi connectivity index (χ2v) is 6.54. The summed E-state index contributed by atoms with van der Waals surface area (Å²) in [6, 6.07) is -0.424. The highest BCUT2D eigenvalue weighted by molar-refractivity contribution is 7.15. The van der Waals surface area contributed by atoms with Crippen LogP contribution in [0.4, 0.5) is 4.79 Å². The number of amides is 3. The van der Waals surface area contributed by atoms with Crippen molar-refractivity contribution in [1.82, 2.24) is 20.0 Å². The Morgan fingerprint density at radius 3 is 2.88 bits per heavy atom. The number of hydrogen-bond acceptors (Lipinski definition) is 6.